The Hall–Kier alpha value is -5.84. The number of piperazine rings is 1. The molecule has 70 heavy (non-hydrogen) atoms. The highest BCUT2D eigenvalue weighted by Crippen LogP contribution is 2.37. The largest absolute Gasteiger partial charge is 0.457 e. The zero-order valence-corrected chi connectivity index (χ0v) is 41.3. The zero-order valence-electron chi connectivity index (χ0n) is 40.4. The van der Waals surface area contributed by atoms with Crippen LogP contribution in [0.5, 0.6) is 11.5 Å². The van der Waals surface area contributed by atoms with Gasteiger partial charge in [-0.25, -0.2) is 14.6 Å². The molecule has 15 nitrogen and oxygen atoms in total. The summed E-state index contributed by atoms with van der Waals surface area (Å²) in [7, 11) is 0. The van der Waals surface area contributed by atoms with Crippen molar-refractivity contribution in [3.8, 4) is 22.8 Å². The van der Waals surface area contributed by atoms with Crippen LogP contribution in [0.3, 0.4) is 0 Å². The number of carbonyl (C=O) groups is 4. The van der Waals surface area contributed by atoms with Gasteiger partial charge < -0.3 is 30.1 Å². The molecule has 4 aliphatic rings. The van der Waals surface area contributed by atoms with Gasteiger partial charge in [0.05, 0.1) is 11.4 Å². The molecule has 0 aliphatic carbocycles. The number of rotatable bonds is 22. The van der Waals surface area contributed by atoms with Gasteiger partial charge in [-0.15, -0.1) is 11.8 Å². The van der Waals surface area contributed by atoms with Crippen molar-refractivity contribution in [3.63, 3.8) is 0 Å². The van der Waals surface area contributed by atoms with E-state index in [9.17, 15) is 19.2 Å². The zero-order chi connectivity index (χ0) is 48.2. The predicted molar refractivity (Wildman–Crippen MR) is 273 cm³/mol. The maximum Gasteiger partial charge on any atom is 0.255 e. The lowest BCUT2D eigenvalue weighted by Crippen LogP contribution is -2.52. The van der Waals surface area contributed by atoms with Crippen LogP contribution in [0.2, 0.25) is 0 Å². The molecule has 370 valence electrons. The summed E-state index contributed by atoms with van der Waals surface area (Å²) in [6.07, 6.45) is 16.7. The molecule has 0 saturated carbocycles. The molecule has 2 aromatic heterocycles. The van der Waals surface area contributed by atoms with E-state index in [-0.39, 0.29) is 36.1 Å². The fraction of sp³-hybridized carbons (Fsp3) is 0.500. The molecule has 3 N–H and O–H groups in total. The Balaban J connectivity index is 0.612. The number of nitrogens with two attached hydrogens (primary N) is 1. The maximum absolute atomic E-state index is 13.6. The number of hydrogen-bond acceptors (Lipinski definition) is 12. The Morgan fingerprint density at radius 1 is 0.757 bits per heavy atom. The van der Waals surface area contributed by atoms with Crippen LogP contribution in [0.25, 0.3) is 22.3 Å². The molecule has 0 bridgehead atoms. The lowest BCUT2D eigenvalue weighted by atomic mass is 10.0. The number of likely N-dealkylation sites (tertiary alicyclic amines) is 1. The van der Waals surface area contributed by atoms with Gasteiger partial charge in [0, 0.05) is 74.7 Å². The minimum atomic E-state index is -0.577. The second-order valence-corrected chi connectivity index (χ2v) is 20.5. The molecule has 4 aliphatic heterocycles. The van der Waals surface area contributed by atoms with Crippen molar-refractivity contribution in [3.05, 3.63) is 90.3 Å². The molecule has 3 saturated heterocycles. The minimum Gasteiger partial charge on any atom is -0.457 e. The average molecular weight is 969 g/mol. The molecular formula is C54H68N10O5S. The van der Waals surface area contributed by atoms with Gasteiger partial charge in [-0.3, -0.25) is 24.5 Å². The van der Waals surface area contributed by atoms with Gasteiger partial charge in [-0.1, -0.05) is 69.2 Å². The third kappa shape index (κ3) is 12.2. The molecular weight excluding hydrogens is 901 g/mol. The minimum absolute atomic E-state index is 0.00646. The lowest BCUT2D eigenvalue weighted by Gasteiger charge is -2.35. The fourth-order valence-electron chi connectivity index (χ4n) is 10.5. The summed E-state index contributed by atoms with van der Waals surface area (Å²) in [5, 5.41) is 8.20. The van der Waals surface area contributed by atoms with Crippen molar-refractivity contribution in [1.82, 2.24) is 44.7 Å². The van der Waals surface area contributed by atoms with Gasteiger partial charge >= 0.3 is 0 Å². The number of nitrogens with one attached hydrogen (secondary N) is 1. The number of hydrogen-bond donors (Lipinski definition) is 2. The van der Waals surface area contributed by atoms with Gasteiger partial charge in [0.25, 0.3) is 5.91 Å². The first kappa shape index (κ1) is 49.2. The van der Waals surface area contributed by atoms with Crippen molar-refractivity contribution in [2.45, 2.75) is 120 Å². The van der Waals surface area contributed by atoms with Gasteiger partial charge in [0.15, 0.2) is 5.65 Å². The third-order valence-corrected chi connectivity index (χ3v) is 15.7. The highest BCUT2D eigenvalue weighted by molar-refractivity contribution is 7.99. The van der Waals surface area contributed by atoms with Crippen LogP contribution in [0.4, 0.5) is 5.82 Å². The van der Waals surface area contributed by atoms with Crippen molar-refractivity contribution in [1.29, 1.82) is 0 Å². The van der Waals surface area contributed by atoms with Crippen LogP contribution in [0.15, 0.2) is 84.0 Å². The molecule has 3 aromatic carbocycles. The molecule has 2 atom stereocenters. The maximum atomic E-state index is 13.6. The molecule has 9 rings (SSSR count). The number of anilines is 1. The molecule has 1 unspecified atom stereocenters. The summed E-state index contributed by atoms with van der Waals surface area (Å²) in [5.41, 5.74) is 10.5. The molecule has 0 spiro atoms. The van der Waals surface area contributed by atoms with E-state index < -0.39 is 6.04 Å². The van der Waals surface area contributed by atoms with Crippen molar-refractivity contribution >= 4 is 52.2 Å². The number of ether oxygens (including phenoxy) is 1. The van der Waals surface area contributed by atoms with E-state index >= 15 is 0 Å². The highest BCUT2D eigenvalue weighted by atomic mass is 32.2. The van der Waals surface area contributed by atoms with Crippen LogP contribution in [0.1, 0.15) is 118 Å². The van der Waals surface area contributed by atoms with Crippen LogP contribution < -0.4 is 15.8 Å². The molecule has 3 fully saturated rings. The highest BCUT2D eigenvalue weighted by Gasteiger charge is 2.40. The Kier molecular flexibility index (Phi) is 16.7. The molecule has 6 heterocycles. The number of nitrogen functional groups attached to an aromatic ring is 1. The number of fused-ring (bicyclic) bond motifs is 2. The number of unbranched alkanes of at least 4 members (excludes halogenated alkanes) is 8. The van der Waals surface area contributed by atoms with E-state index in [0.29, 0.717) is 43.0 Å². The number of para-hydroxylation sites is 1. The van der Waals surface area contributed by atoms with Crippen LogP contribution in [-0.2, 0) is 20.9 Å². The van der Waals surface area contributed by atoms with E-state index in [0.717, 1.165) is 109 Å². The summed E-state index contributed by atoms with van der Waals surface area (Å²) < 4.78 is 7.98. The first-order valence-corrected chi connectivity index (χ1v) is 26.7. The molecule has 16 heteroatoms. The second-order valence-electron chi connectivity index (χ2n) is 19.3. The van der Waals surface area contributed by atoms with Gasteiger partial charge in [0.1, 0.15) is 35.4 Å². The number of amides is 4. The SMILES string of the molecule is Nc1ncnc2c1c(-c1ccc(Oc3ccccc3)cc1)nn2[C@@H]1CCCN(C(=O)CCCN2CCN(CCCCCCCCCCCSc3cccc4c3CN(C3CCC(=O)NC3=O)C4=O)CC2)C1. The summed E-state index contributed by atoms with van der Waals surface area (Å²) >= 11 is 1.81. The van der Waals surface area contributed by atoms with Gasteiger partial charge in [-0.2, -0.15) is 5.10 Å². The van der Waals surface area contributed by atoms with Crippen molar-refractivity contribution in [2.24, 2.45) is 0 Å². The number of aromatic nitrogens is 4. The average Bonchev–Trinajstić information content (AvgIpc) is 3.94. The summed E-state index contributed by atoms with van der Waals surface area (Å²) in [6, 6.07) is 22.8. The summed E-state index contributed by atoms with van der Waals surface area (Å²) in [5.74, 6) is 2.38. The first-order valence-electron chi connectivity index (χ1n) is 25.7. The topological polar surface area (TPSA) is 172 Å². The number of nitrogens with zero attached hydrogens (tertiary/aromatic N) is 8. The Morgan fingerprint density at radius 3 is 2.20 bits per heavy atom. The lowest BCUT2D eigenvalue weighted by molar-refractivity contribution is -0.137. The van der Waals surface area contributed by atoms with Crippen molar-refractivity contribution < 1.29 is 23.9 Å². The number of thioether (sulfide) groups is 1. The Morgan fingerprint density at radius 2 is 1.46 bits per heavy atom. The molecule has 4 amide bonds. The summed E-state index contributed by atoms with van der Waals surface area (Å²) in [6.45, 7) is 8.27. The number of carbonyl (C=O) groups excluding carboxylic acids is 4. The molecule has 0 radical (unpaired) electrons. The van der Waals surface area contributed by atoms with E-state index in [1.807, 2.05) is 88.1 Å². The number of imide groups is 1. The second kappa shape index (κ2) is 23.8. The normalized spacial score (nSPS) is 18.9. The monoisotopic (exact) mass is 969 g/mol. The summed E-state index contributed by atoms with van der Waals surface area (Å²) in [4.78, 5) is 69.7. The Bertz CT molecular complexity index is 2580. The molecule has 5 aromatic rings. The number of piperidine rings is 2. The third-order valence-electron chi connectivity index (χ3n) is 14.5. The van der Waals surface area contributed by atoms with Crippen LogP contribution >= 0.6 is 11.8 Å². The van der Waals surface area contributed by atoms with E-state index in [1.165, 1.54) is 64.2 Å². The predicted octanol–water partition coefficient (Wildman–Crippen LogP) is 8.49. The quantitative estimate of drug-likeness (QED) is 0.0386. The number of benzene rings is 3. The van der Waals surface area contributed by atoms with E-state index in [1.54, 1.807) is 4.90 Å². The van der Waals surface area contributed by atoms with Crippen LogP contribution in [-0.4, -0.2) is 127 Å². The van der Waals surface area contributed by atoms with Gasteiger partial charge in [0.2, 0.25) is 17.7 Å². The van der Waals surface area contributed by atoms with Gasteiger partial charge in [-0.05, 0) is 111 Å². The standard InChI is InChI=1S/C54H68N10O5S/c55-51-49-50(39-22-24-42(25-23-39)69-41-17-9-8-10-18-41)59-64(52(49)57-38-56-51)40-16-14-30-62(36-40)48(66)21-15-29-61-33-31-60(32-34-61)28-11-6-4-2-1-3-5-7-12-35-70-46-20-13-19-43-44(46)37-63(54(43)68)45-26-27-47(65)58-53(45)67/h8-10,13,17-20,22-25,38,40,45H,1-7,11-12,14-16,21,26-37H2,(H2,55,56,57)(H,58,65,67)/t40-,45?/m1/s1. The van der Waals surface area contributed by atoms with Crippen LogP contribution in [0, 0.1) is 0 Å². The van der Waals surface area contributed by atoms with E-state index in [4.69, 9.17) is 15.6 Å². The Labute approximate surface area is 415 Å². The van der Waals surface area contributed by atoms with Crippen molar-refractivity contribution in [2.75, 3.05) is 63.8 Å². The van der Waals surface area contributed by atoms with E-state index in [2.05, 4.69) is 31.2 Å². The smallest absolute Gasteiger partial charge is 0.255 e. The first-order chi connectivity index (χ1) is 34.3. The fourth-order valence-corrected chi connectivity index (χ4v) is 11.6.